The van der Waals surface area contributed by atoms with Crippen molar-refractivity contribution in [2.45, 2.75) is 13.3 Å². The lowest BCUT2D eigenvalue weighted by Gasteiger charge is -2.07. The molecule has 0 fully saturated rings. The van der Waals surface area contributed by atoms with Crippen LogP contribution in [0.1, 0.15) is 23.7 Å². The lowest BCUT2D eigenvalue weighted by atomic mass is 10.2. The summed E-state index contributed by atoms with van der Waals surface area (Å²) in [6, 6.07) is 1.47. The number of anilines is 1. The third kappa shape index (κ3) is 3.96. The van der Waals surface area contributed by atoms with Gasteiger partial charge < -0.3 is 15.2 Å². The lowest BCUT2D eigenvalue weighted by Crippen LogP contribution is -2.13. The minimum absolute atomic E-state index is 0.00948. The predicted octanol–water partition coefficient (Wildman–Crippen LogP) is 2.13. The third-order valence-electron chi connectivity index (χ3n) is 2.12. The van der Waals surface area contributed by atoms with Gasteiger partial charge in [-0.15, -0.1) is 0 Å². The van der Waals surface area contributed by atoms with Gasteiger partial charge in [0.05, 0.1) is 17.9 Å². The quantitative estimate of drug-likeness (QED) is 0.483. The molecule has 1 aromatic rings. The largest absolute Gasteiger partial charge is 0.460 e. The molecule has 0 aromatic heterocycles. The maximum Gasteiger partial charge on any atom is 0.341 e. The Labute approximate surface area is 104 Å². The molecular formula is C12H15F2NO3. The van der Waals surface area contributed by atoms with Gasteiger partial charge in [0.1, 0.15) is 18.2 Å². The molecular weight excluding hydrogens is 244 g/mol. The van der Waals surface area contributed by atoms with Gasteiger partial charge in [0, 0.05) is 12.7 Å². The van der Waals surface area contributed by atoms with Crippen molar-refractivity contribution in [1.82, 2.24) is 0 Å². The second-order valence-corrected chi connectivity index (χ2v) is 3.60. The first kappa shape index (κ1) is 14.4. The normalized spacial score (nSPS) is 10.4. The maximum atomic E-state index is 13.3. The molecule has 0 saturated carbocycles. The molecule has 0 bridgehead atoms. The number of nitrogen functional groups attached to an aromatic ring is 1. The van der Waals surface area contributed by atoms with E-state index >= 15 is 0 Å². The molecule has 0 spiro atoms. The molecule has 1 rings (SSSR count). The van der Waals surface area contributed by atoms with Crippen LogP contribution in [-0.4, -0.2) is 25.8 Å². The first-order chi connectivity index (χ1) is 8.56. The summed E-state index contributed by atoms with van der Waals surface area (Å²) in [4.78, 5) is 11.5. The van der Waals surface area contributed by atoms with Gasteiger partial charge in [-0.05, 0) is 12.5 Å². The predicted molar refractivity (Wildman–Crippen MR) is 62.2 cm³/mol. The Kier molecular flexibility index (Phi) is 5.51. The van der Waals surface area contributed by atoms with Crippen LogP contribution < -0.4 is 5.73 Å². The van der Waals surface area contributed by atoms with E-state index in [2.05, 4.69) is 0 Å². The molecule has 18 heavy (non-hydrogen) atoms. The molecule has 0 aliphatic rings. The monoisotopic (exact) mass is 259 g/mol. The summed E-state index contributed by atoms with van der Waals surface area (Å²) in [5, 5.41) is 0. The minimum Gasteiger partial charge on any atom is -0.460 e. The first-order valence-electron chi connectivity index (χ1n) is 5.55. The summed E-state index contributed by atoms with van der Waals surface area (Å²) in [5.41, 5.74) is 4.56. The average Bonchev–Trinajstić information content (AvgIpc) is 2.33. The van der Waals surface area contributed by atoms with Crippen LogP contribution in [-0.2, 0) is 9.47 Å². The second kappa shape index (κ2) is 6.90. The van der Waals surface area contributed by atoms with E-state index in [0.29, 0.717) is 12.7 Å². The standard InChI is InChI=1S/C12H15F2NO3/c1-2-3-17-4-5-18-12(16)8-6-11(15)10(14)7-9(8)13/h6-7H,2-5,15H2,1H3. The van der Waals surface area contributed by atoms with Gasteiger partial charge in [0.2, 0.25) is 0 Å². The van der Waals surface area contributed by atoms with E-state index in [1.165, 1.54) is 0 Å². The van der Waals surface area contributed by atoms with Crippen LogP contribution in [0.15, 0.2) is 12.1 Å². The highest BCUT2D eigenvalue weighted by Crippen LogP contribution is 2.17. The van der Waals surface area contributed by atoms with Gasteiger partial charge in [0.25, 0.3) is 0 Å². The first-order valence-corrected chi connectivity index (χ1v) is 5.55. The van der Waals surface area contributed by atoms with Gasteiger partial charge in [-0.1, -0.05) is 6.92 Å². The van der Waals surface area contributed by atoms with Gasteiger partial charge in [-0.25, -0.2) is 13.6 Å². The average molecular weight is 259 g/mol. The van der Waals surface area contributed by atoms with Gasteiger partial charge in [-0.3, -0.25) is 0 Å². The van der Waals surface area contributed by atoms with Crippen LogP contribution in [0.4, 0.5) is 14.5 Å². The van der Waals surface area contributed by atoms with Crippen LogP contribution in [0, 0.1) is 11.6 Å². The highest BCUT2D eigenvalue weighted by molar-refractivity contribution is 5.90. The van der Waals surface area contributed by atoms with E-state index < -0.39 is 17.6 Å². The lowest BCUT2D eigenvalue weighted by molar-refractivity contribution is 0.0314. The zero-order chi connectivity index (χ0) is 13.5. The number of benzene rings is 1. The van der Waals surface area contributed by atoms with E-state index in [4.69, 9.17) is 15.2 Å². The molecule has 0 aliphatic heterocycles. The van der Waals surface area contributed by atoms with Crippen molar-refractivity contribution in [3.63, 3.8) is 0 Å². The highest BCUT2D eigenvalue weighted by atomic mass is 19.1. The van der Waals surface area contributed by atoms with E-state index in [-0.39, 0.29) is 24.5 Å². The van der Waals surface area contributed by atoms with Crippen LogP contribution in [0.25, 0.3) is 0 Å². The fraction of sp³-hybridized carbons (Fsp3) is 0.417. The van der Waals surface area contributed by atoms with Crippen molar-refractivity contribution in [2.75, 3.05) is 25.6 Å². The molecule has 0 unspecified atom stereocenters. The van der Waals surface area contributed by atoms with Crippen molar-refractivity contribution in [3.8, 4) is 0 Å². The van der Waals surface area contributed by atoms with Crippen LogP contribution in [0.2, 0.25) is 0 Å². The Morgan fingerprint density at radius 1 is 1.22 bits per heavy atom. The van der Waals surface area contributed by atoms with Crippen LogP contribution in [0.3, 0.4) is 0 Å². The Morgan fingerprint density at radius 2 is 1.94 bits per heavy atom. The number of hydrogen-bond donors (Lipinski definition) is 1. The number of carbonyl (C=O) groups excluding carboxylic acids is 1. The topological polar surface area (TPSA) is 61.5 Å². The van der Waals surface area contributed by atoms with E-state index in [9.17, 15) is 13.6 Å². The van der Waals surface area contributed by atoms with E-state index in [1.807, 2.05) is 6.92 Å². The zero-order valence-corrected chi connectivity index (χ0v) is 10.0. The molecule has 100 valence electrons. The van der Waals surface area contributed by atoms with Crippen molar-refractivity contribution >= 4 is 11.7 Å². The third-order valence-corrected chi connectivity index (χ3v) is 2.12. The molecule has 1 aromatic carbocycles. The maximum absolute atomic E-state index is 13.3. The molecule has 6 heteroatoms. The van der Waals surface area contributed by atoms with Crippen molar-refractivity contribution in [2.24, 2.45) is 0 Å². The van der Waals surface area contributed by atoms with Gasteiger partial charge in [-0.2, -0.15) is 0 Å². The Bertz CT molecular complexity index is 424. The summed E-state index contributed by atoms with van der Waals surface area (Å²) < 4.78 is 36.0. The number of carbonyl (C=O) groups is 1. The number of rotatable bonds is 6. The summed E-state index contributed by atoms with van der Waals surface area (Å²) in [6.07, 6.45) is 0.858. The molecule has 0 aliphatic carbocycles. The Morgan fingerprint density at radius 3 is 2.61 bits per heavy atom. The summed E-state index contributed by atoms with van der Waals surface area (Å²) in [7, 11) is 0. The molecule has 0 amide bonds. The Hall–Kier alpha value is -1.69. The zero-order valence-electron chi connectivity index (χ0n) is 10.0. The summed E-state index contributed by atoms with van der Waals surface area (Å²) in [5.74, 6) is -2.80. The van der Waals surface area contributed by atoms with Crippen LogP contribution in [0.5, 0.6) is 0 Å². The van der Waals surface area contributed by atoms with E-state index in [1.54, 1.807) is 0 Å². The molecule has 0 radical (unpaired) electrons. The van der Waals surface area contributed by atoms with Gasteiger partial charge >= 0.3 is 5.97 Å². The highest BCUT2D eigenvalue weighted by Gasteiger charge is 2.16. The minimum atomic E-state index is -0.999. The Balaban J connectivity index is 2.54. The molecule has 2 N–H and O–H groups in total. The number of ether oxygens (including phenoxy) is 2. The fourth-order valence-electron chi connectivity index (χ4n) is 1.24. The van der Waals surface area contributed by atoms with Crippen molar-refractivity contribution in [1.29, 1.82) is 0 Å². The van der Waals surface area contributed by atoms with Gasteiger partial charge in [0.15, 0.2) is 0 Å². The van der Waals surface area contributed by atoms with Crippen molar-refractivity contribution in [3.05, 3.63) is 29.3 Å². The molecule has 0 saturated heterocycles. The number of hydrogen-bond acceptors (Lipinski definition) is 4. The van der Waals surface area contributed by atoms with E-state index in [0.717, 1.165) is 12.5 Å². The summed E-state index contributed by atoms with van der Waals surface area (Å²) in [6.45, 7) is 2.76. The molecule has 4 nitrogen and oxygen atoms in total. The molecule has 0 heterocycles. The van der Waals surface area contributed by atoms with Crippen LogP contribution >= 0.6 is 0 Å². The summed E-state index contributed by atoms with van der Waals surface area (Å²) >= 11 is 0. The molecule has 0 atom stereocenters. The number of nitrogens with two attached hydrogens (primary N) is 1. The number of esters is 1. The number of halogens is 2. The SMILES string of the molecule is CCCOCCOC(=O)c1cc(N)c(F)cc1F. The smallest absolute Gasteiger partial charge is 0.341 e. The van der Waals surface area contributed by atoms with Crippen molar-refractivity contribution < 1.29 is 23.0 Å². The fourth-order valence-corrected chi connectivity index (χ4v) is 1.24. The second-order valence-electron chi connectivity index (χ2n) is 3.60.